The van der Waals surface area contributed by atoms with Gasteiger partial charge in [-0.05, 0) is 35.4 Å². The monoisotopic (exact) mass is 456 g/mol. The number of carbonyl (C=O) groups excluding carboxylic acids is 1. The molecule has 1 aromatic heterocycles. The van der Waals surface area contributed by atoms with Gasteiger partial charge in [-0.15, -0.1) is 11.3 Å². The first-order valence-electron chi connectivity index (χ1n) is 7.74. The van der Waals surface area contributed by atoms with Gasteiger partial charge in [-0.25, -0.2) is 4.98 Å². The Morgan fingerprint density at radius 2 is 1.89 bits per heavy atom. The SMILES string of the molecule is O=C(C=Cc1cccc(Cl)c1Cl)Nc1ncc(Cc2ccc(Cl)c(Cl)c2)s1. The summed E-state index contributed by atoms with van der Waals surface area (Å²) in [6.45, 7) is 0. The summed E-state index contributed by atoms with van der Waals surface area (Å²) in [6.07, 6.45) is 5.37. The maximum Gasteiger partial charge on any atom is 0.250 e. The van der Waals surface area contributed by atoms with Crippen LogP contribution in [-0.2, 0) is 11.2 Å². The maximum absolute atomic E-state index is 12.1. The van der Waals surface area contributed by atoms with Crippen LogP contribution in [0.15, 0.2) is 48.7 Å². The third-order valence-corrected chi connectivity index (χ3v) is 6.03. The van der Waals surface area contributed by atoms with Crippen molar-refractivity contribution in [1.82, 2.24) is 4.98 Å². The molecular weight excluding hydrogens is 446 g/mol. The Balaban J connectivity index is 1.63. The normalized spacial score (nSPS) is 11.1. The van der Waals surface area contributed by atoms with Crippen LogP contribution in [0.3, 0.4) is 0 Å². The lowest BCUT2D eigenvalue weighted by Crippen LogP contribution is -2.07. The molecular formula is C19H12Cl4N2OS. The molecule has 0 aliphatic carbocycles. The minimum absolute atomic E-state index is 0.304. The number of thiazole rings is 1. The topological polar surface area (TPSA) is 42.0 Å². The van der Waals surface area contributed by atoms with E-state index in [1.807, 2.05) is 12.1 Å². The van der Waals surface area contributed by atoms with Crippen LogP contribution in [0.2, 0.25) is 20.1 Å². The highest BCUT2D eigenvalue weighted by molar-refractivity contribution is 7.15. The first-order valence-corrected chi connectivity index (χ1v) is 10.1. The van der Waals surface area contributed by atoms with Crippen LogP contribution in [0.25, 0.3) is 6.08 Å². The molecule has 0 aliphatic rings. The largest absolute Gasteiger partial charge is 0.298 e. The Labute approximate surface area is 180 Å². The van der Waals surface area contributed by atoms with E-state index < -0.39 is 0 Å². The Hall–Kier alpha value is -1.56. The van der Waals surface area contributed by atoms with Crippen LogP contribution in [-0.4, -0.2) is 10.9 Å². The van der Waals surface area contributed by atoms with Crippen LogP contribution in [0.5, 0.6) is 0 Å². The highest BCUT2D eigenvalue weighted by atomic mass is 35.5. The first kappa shape index (κ1) is 20.2. The molecule has 0 saturated carbocycles. The quantitative estimate of drug-likeness (QED) is 0.419. The standard InChI is InChI=1S/C19H12Cl4N2OS/c20-14-6-4-11(9-16(14)22)8-13-10-24-19(27-13)25-17(26)7-5-12-2-1-3-15(21)18(12)23/h1-7,9-10H,8H2,(H,24,25,26). The second kappa shape index (κ2) is 9.09. The van der Waals surface area contributed by atoms with Crippen molar-refractivity contribution in [3.8, 4) is 0 Å². The lowest BCUT2D eigenvalue weighted by Gasteiger charge is -2.01. The molecule has 0 aliphatic heterocycles. The molecule has 0 radical (unpaired) electrons. The third kappa shape index (κ3) is 5.47. The molecule has 0 spiro atoms. The number of nitrogens with one attached hydrogen (secondary N) is 1. The summed E-state index contributed by atoms with van der Waals surface area (Å²) in [5, 5.41) is 5.11. The predicted octanol–water partition coefficient (Wildman–Crippen LogP) is 7.00. The van der Waals surface area contributed by atoms with E-state index in [0.29, 0.717) is 37.2 Å². The number of halogens is 4. The van der Waals surface area contributed by atoms with Gasteiger partial charge in [-0.1, -0.05) is 64.6 Å². The molecule has 0 unspecified atom stereocenters. The number of rotatable bonds is 5. The number of amides is 1. The second-order valence-electron chi connectivity index (χ2n) is 5.52. The Bertz CT molecular complexity index is 1020. The lowest BCUT2D eigenvalue weighted by atomic mass is 10.1. The third-order valence-electron chi connectivity index (χ3n) is 3.54. The van der Waals surface area contributed by atoms with Crippen molar-refractivity contribution < 1.29 is 4.79 Å². The molecule has 27 heavy (non-hydrogen) atoms. The number of carbonyl (C=O) groups is 1. The van der Waals surface area contributed by atoms with Gasteiger partial charge < -0.3 is 0 Å². The van der Waals surface area contributed by atoms with E-state index in [4.69, 9.17) is 46.4 Å². The van der Waals surface area contributed by atoms with Gasteiger partial charge in [0, 0.05) is 23.6 Å². The number of benzene rings is 2. The van der Waals surface area contributed by atoms with Crippen LogP contribution in [0.4, 0.5) is 5.13 Å². The molecule has 0 atom stereocenters. The lowest BCUT2D eigenvalue weighted by molar-refractivity contribution is -0.111. The van der Waals surface area contributed by atoms with Crippen molar-refractivity contribution in [3.05, 3.63) is 84.8 Å². The van der Waals surface area contributed by atoms with Gasteiger partial charge in [0.25, 0.3) is 0 Å². The van der Waals surface area contributed by atoms with Gasteiger partial charge in [0.1, 0.15) is 0 Å². The Morgan fingerprint density at radius 1 is 1.07 bits per heavy atom. The number of anilines is 1. The fraction of sp³-hybridized carbons (Fsp3) is 0.0526. The van der Waals surface area contributed by atoms with E-state index in [2.05, 4.69) is 10.3 Å². The van der Waals surface area contributed by atoms with E-state index >= 15 is 0 Å². The molecule has 0 bridgehead atoms. The zero-order valence-corrected chi connectivity index (χ0v) is 17.5. The summed E-state index contributed by atoms with van der Waals surface area (Å²) < 4.78 is 0. The summed E-state index contributed by atoms with van der Waals surface area (Å²) in [6, 6.07) is 10.7. The van der Waals surface area contributed by atoms with E-state index in [1.54, 1.807) is 36.5 Å². The van der Waals surface area contributed by atoms with E-state index in [9.17, 15) is 4.79 Å². The molecule has 0 saturated heterocycles. The predicted molar refractivity (Wildman–Crippen MR) is 116 cm³/mol. The van der Waals surface area contributed by atoms with Crippen LogP contribution < -0.4 is 5.32 Å². The Kier molecular flexibility index (Phi) is 6.79. The van der Waals surface area contributed by atoms with Crippen LogP contribution >= 0.6 is 57.7 Å². The summed E-state index contributed by atoms with van der Waals surface area (Å²) in [5.41, 5.74) is 1.68. The van der Waals surface area contributed by atoms with Gasteiger partial charge >= 0.3 is 0 Å². The molecule has 138 valence electrons. The highest BCUT2D eigenvalue weighted by Gasteiger charge is 2.07. The zero-order valence-electron chi connectivity index (χ0n) is 13.7. The number of hydrogen-bond donors (Lipinski definition) is 1. The van der Waals surface area contributed by atoms with Gasteiger partial charge in [0.05, 0.1) is 20.1 Å². The Morgan fingerprint density at radius 3 is 2.67 bits per heavy atom. The fourth-order valence-corrected chi connectivity index (χ4v) is 3.80. The van der Waals surface area contributed by atoms with Crippen molar-refractivity contribution in [3.63, 3.8) is 0 Å². The van der Waals surface area contributed by atoms with Gasteiger partial charge in [0.15, 0.2) is 5.13 Å². The molecule has 3 aromatic rings. The molecule has 1 N–H and O–H groups in total. The number of hydrogen-bond acceptors (Lipinski definition) is 3. The average molecular weight is 458 g/mol. The van der Waals surface area contributed by atoms with Crippen LogP contribution in [0, 0.1) is 0 Å². The molecule has 3 rings (SSSR count). The van der Waals surface area contributed by atoms with Crippen molar-refractivity contribution in [2.45, 2.75) is 6.42 Å². The van der Waals surface area contributed by atoms with E-state index in [-0.39, 0.29) is 5.91 Å². The fourth-order valence-electron chi connectivity index (χ4n) is 2.26. The summed E-state index contributed by atoms with van der Waals surface area (Å²) in [5.74, 6) is -0.304. The summed E-state index contributed by atoms with van der Waals surface area (Å²) >= 11 is 25.4. The van der Waals surface area contributed by atoms with E-state index in [0.717, 1.165) is 10.4 Å². The molecule has 1 heterocycles. The maximum atomic E-state index is 12.1. The first-order chi connectivity index (χ1) is 12.9. The van der Waals surface area contributed by atoms with Crippen molar-refractivity contribution in [2.75, 3.05) is 5.32 Å². The van der Waals surface area contributed by atoms with Gasteiger partial charge in [0.2, 0.25) is 5.91 Å². The van der Waals surface area contributed by atoms with Gasteiger partial charge in [-0.3, -0.25) is 10.1 Å². The number of nitrogens with zero attached hydrogens (tertiary/aromatic N) is 1. The second-order valence-corrected chi connectivity index (χ2v) is 8.24. The molecule has 8 heteroatoms. The minimum atomic E-state index is -0.304. The summed E-state index contributed by atoms with van der Waals surface area (Å²) in [4.78, 5) is 17.3. The van der Waals surface area contributed by atoms with Crippen LogP contribution in [0.1, 0.15) is 16.0 Å². The summed E-state index contributed by atoms with van der Waals surface area (Å²) in [7, 11) is 0. The smallest absolute Gasteiger partial charge is 0.250 e. The molecule has 1 amide bonds. The minimum Gasteiger partial charge on any atom is -0.298 e. The highest BCUT2D eigenvalue weighted by Crippen LogP contribution is 2.27. The molecule has 2 aromatic carbocycles. The molecule has 0 fully saturated rings. The van der Waals surface area contributed by atoms with Crippen molar-refractivity contribution in [1.29, 1.82) is 0 Å². The van der Waals surface area contributed by atoms with Crippen molar-refractivity contribution >= 4 is 74.9 Å². The number of aromatic nitrogens is 1. The molecule has 3 nitrogen and oxygen atoms in total. The zero-order chi connectivity index (χ0) is 19.4. The van der Waals surface area contributed by atoms with Gasteiger partial charge in [-0.2, -0.15) is 0 Å². The average Bonchev–Trinajstić information content (AvgIpc) is 3.06. The van der Waals surface area contributed by atoms with Crippen molar-refractivity contribution in [2.24, 2.45) is 0 Å². The van der Waals surface area contributed by atoms with E-state index in [1.165, 1.54) is 17.4 Å².